The van der Waals surface area contributed by atoms with Crippen molar-refractivity contribution in [2.75, 3.05) is 13.6 Å². The van der Waals surface area contributed by atoms with Crippen molar-refractivity contribution in [3.05, 3.63) is 41.2 Å². The molecule has 0 spiro atoms. The number of hydrogen-bond donors (Lipinski definition) is 1. The number of halogens is 1. The van der Waals surface area contributed by atoms with Crippen molar-refractivity contribution in [1.82, 2.24) is 20.3 Å². The van der Waals surface area contributed by atoms with Crippen molar-refractivity contribution in [1.29, 1.82) is 0 Å². The lowest BCUT2D eigenvalue weighted by Gasteiger charge is -2.05. The van der Waals surface area contributed by atoms with Crippen LogP contribution in [0.1, 0.15) is 5.69 Å². The summed E-state index contributed by atoms with van der Waals surface area (Å²) in [4.78, 5) is 0. The molecule has 0 aliphatic rings. The SMILES string of the molecule is CNCCc1cnnn1-c1ccc(Cl)cc1. The van der Waals surface area contributed by atoms with Crippen LogP contribution >= 0.6 is 11.6 Å². The number of aromatic nitrogens is 3. The van der Waals surface area contributed by atoms with E-state index in [0.717, 1.165) is 29.4 Å². The second kappa shape index (κ2) is 5.09. The Bertz CT molecular complexity index is 449. The lowest BCUT2D eigenvalue weighted by molar-refractivity contribution is 0.720. The molecular weight excluding hydrogens is 224 g/mol. The number of rotatable bonds is 4. The number of likely N-dealkylation sites (N-methyl/N-ethyl adjacent to an activating group) is 1. The molecule has 84 valence electrons. The van der Waals surface area contributed by atoms with Gasteiger partial charge in [-0.1, -0.05) is 16.8 Å². The van der Waals surface area contributed by atoms with Crippen LogP contribution < -0.4 is 5.32 Å². The highest BCUT2D eigenvalue weighted by Gasteiger charge is 2.05. The molecule has 0 atom stereocenters. The normalized spacial score (nSPS) is 10.6. The molecule has 2 rings (SSSR count). The van der Waals surface area contributed by atoms with Crippen molar-refractivity contribution >= 4 is 11.6 Å². The summed E-state index contributed by atoms with van der Waals surface area (Å²) >= 11 is 5.84. The van der Waals surface area contributed by atoms with E-state index in [1.165, 1.54) is 0 Å². The molecule has 0 aliphatic carbocycles. The minimum atomic E-state index is 0.723. The zero-order valence-corrected chi connectivity index (χ0v) is 9.78. The molecule has 0 saturated carbocycles. The Kier molecular flexibility index (Phi) is 3.54. The van der Waals surface area contributed by atoms with Gasteiger partial charge in [-0.05, 0) is 31.3 Å². The monoisotopic (exact) mass is 236 g/mol. The van der Waals surface area contributed by atoms with Gasteiger partial charge in [0.25, 0.3) is 0 Å². The summed E-state index contributed by atoms with van der Waals surface area (Å²) in [7, 11) is 1.93. The zero-order valence-electron chi connectivity index (χ0n) is 9.02. The maximum absolute atomic E-state index is 5.84. The maximum Gasteiger partial charge on any atom is 0.0730 e. The predicted molar refractivity (Wildman–Crippen MR) is 64.0 cm³/mol. The van der Waals surface area contributed by atoms with Crippen LogP contribution in [-0.4, -0.2) is 28.6 Å². The molecule has 1 aromatic heterocycles. The lowest BCUT2D eigenvalue weighted by Crippen LogP contribution is -2.13. The highest BCUT2D eigenvalue weighted by atomic mass is 35.5. The smallest absolute Gasteiger partial charge is 0.0730 e. The third-order valence-electron chi connectivity index (χ3n) is 2.32. The fraction of sp³-hybridized carbons (Fsp3) is 0.273. The van der Waals surface area contributed by atoms with E-state index in [1.54, 1.807) is 6.20 Å². The van der Waals surface area contributed by atoms with E-state index < -0.39 is 0 Å². The fourth-order valence-corrected chi connectivity index (χ4v) is 1.61. The van der Waals surface area contributed by atoms with E-state index in [2.05, 4.69) is 15.6 Å². The van der Waals surface area contributed by atoms with Crippen LogP contribution in [-0.2, 0) is 6.42 Å². The first-order chi connectivity index (χ1) is 7.81. The molecule has 0 radical (unpaired) electrons. The largest absolute Gasteiger partial charge is 0.319 e. The summed E-state index contributed by atoms with van der Waals surface area (Å²) in [5, 5.41) is 11.8. The van der Waals surface area contributed by atoms with Gasteiger partial charge in [0, 0.05) is 18.0 Å². The van der Waals surface area contributed by atoms with Gasteiger partial charge in [0.15, 0.2) is 0 Å². The van der Waals surface area contributed by atoms with Crippen molar-refractivity contribution < 1.29 is 0 Å². The minimum absolute atomic E-state index is 0.723. The predicted octanol–water partition coefficient (Wildman–Crippen LogP) is 1.68. The Balaban J connectivity index is 2.26. The molecule has 0 saturated heterocycles. The highest BCUT2D eigenvalue weighted by molar-refractivity contribution is 6.30. The van der Waals surface area contributed by atoms with Gasteiger partial charge < -0.3 is 5.32 Å². The topological polar surface area (TPSA) is 42.7 Å². The Labute approximate surface area is 99.2 Å². The molecule has 0 amide bonds. The Morgan fingerprint density at radius 1 is 1.31 bits per heavy atom. The molecule has 0 aliphatic heterocycles. The van der Waals surface area contributed by atoms with Crippen LogP contribution in [0.15, 0.2) is 30.5 Å². The summed E-state index contributed by atoms with van der Waals surface area (Å²) in [6.45, 7) is 0.904. The Morgan fingerprint density at radius 2 is 2.06 bits per heavy atom. The van der Waals surface area contributed by atoms with Crippen LogP contribution in [0.5, 0.6) is 0 Å². The third-order valence-corrected chi connectivity index (χ3v) is 2.57. The van der Waals surface area contributed by atoms with Crippen molar-refractivity contribution in [3.8, 4) is 5.69 Å². The molecular formula is C11H13ClN4. The van der Waals surface area contributed by atoms with Crippen molar-refractivity contribution in [2.45, 2.75) is 6.42 Å². The summed E-state index contributed by atoms with van der Waals surface area (Å²) in [6, 6.07) is 7.56. The third kappa shape index (κ3) is 2.40. The molecule has 16 heavy (non-hydrogen) atoms. The average molecular weight is 237 g/mol. The molecule has 1 N–H and O–H groups in total. The zero-order chi connectivity index (χ0) is 11.4. The Morgan fingerprint density at radius 3 is 2.75 bits per heavy atom. The minimum Gasteiger partial charge on any atom is -0.319 e. The summed E-state index contributed by atoms with van der Waals surface area (Å²) < 4.78 is 1.83. The van der Waals surface area contributed by atoms with E-state index in [1.807, 2.05) is 36.0 Å². The van der Waals surface area contributed by atoms with E-state index in [0.29, 0.717) is 0 Å². The maximum atomic E-state index is 5.84. The van der Waals surface area contributed by atoms with Gasteiger partial charge in [-0.3, -0.25) is 0 Å². The van der Waals surface area contributed by atoms with E-state index in [-0.39, 0.29) is 0 Å². The molecule has 1 heterocycles. The van der Waals surface area contributed by atoms with Crippen LogP contribution in [0.2, 0.25) is 5.02 Å². The molecule has 1 aromatic carbocycles. The van der Waals surface area contributed by atoms with Gasteiger partial charge in [-0.2, -0.15) is 0 Å². The first-order valence-corrected chi connectivity index (χ1v) is 5.49. The first kappa shape index (κ1) is 11.1. The number of hydrogen-bond acceptors (Lipinski definition) is 3. The van der Waals surface area contributed by atoms with Crippen LogP contribution in [0.25, 0.3) is 5.69 Å². The molecule has 5 heteroatoms. The van der Waals surface area contributed by atoms with Gasteiger partial charge >= 0.3 is 0 Å². The molecule has 0 bridgehead atoms. The van der Waals surface area contributed by atoms with Crippen molar-refractivity contribution in [2.24, 2.45) is 0 Å². The molecule has 2 aromatic rings. The Hall–Kier alpha value is -1.39. The second-order valence-electron chi connectivity index (χ2n) is 3.47. The molecule has 0 fully saturated rings. The lowest BCUT2D eigenvalue weighted by atomic mass is 10.3. The number of benzene rings is 1. The standard InChI is InChI=1S/C11H13ClN4/c1-13-7-6-11-8-14-15-16(11)10-4-2-9(12)3-5-10/h2-5,8,13H,6-7H2,1H3. The van der Waals surface area contributed by atoms with E-state index in [9.17, 15) is 0 Å². The van der Waals surface area contributed by atoms with Crippen LogP contribution in [0.3, 0.4) is 0 Å². The number of nitrogens with zero attached hydrogens (tertiary/aromatic N) is 3. The second-order valence-corrected chi connectivity index (χ2v) is 3.90. The van der Waals surface area contributed by atoms with E-state index in [4.69, 9.17) is 11.6 Å². The fourth-order valence-electron chi connectivity index (χ4n) is 1.48. The van der Waals surface area contributed by atoms with Crippen molar-refractivity contribution in [3.63, 3.8) is 0 Å². The van der Waals surface area contributed by atoms with Crippen LogP contribution in [0.4, 0.5) is 0 Å². The van der Waals surface area contributed by atoms with Gasteiger partial charge in [-0.25, -0.2) is 4.68 Å². The number of nitrogens with one attached hydrogen (secondary N) is 1. The van der Waals surface area contributed by atoms with Gasteiger partial charge in [0.2, 0.25) is 0 Å². The van der Waals surface area contributed by atoms with Gasteiger partial charge in [-0.15, -0.1) is 5.10 Å². The van der Waals surface area contributed by atoms with Gasteiger partial charge in [0.1, 0.15) is 0 Å². The quantitative estimate of drug-likeness (QED) is 0.879. The summed E-state index contributed by atoms with van der Waals surface area (Å²) in [6.07, 6.45) is 2.68. The molecule has 4 nitrogen and oxygen atoms in total. The van der Waals surface area contributed by atoms with Gasteiger partial charge in [0.05, 0.1) is 17.6 Å². The molecule has 0 unspecified atom stereocenters. The first-order valence-electron chi connectivity index (χ1n) is 5.11. The summed E-state index contributed by atoms with van der Waals surface area (Å²) in [5.41, 5.74) is 2.06. The van der Waals surface area contributed by atoms with E-state index >= 15 is 0 Å². The highest BCUT2D eigenvalue weighted by Crippen LogP contribution is 2.14. The van der Waals surface area contributed by atoms with Crippen LogP contribution in [0, 0.1) is 0 Å². The average Bonchev–Trinajstić information content (AvgIpc) is 2.75. The summed E-state index contributed by atoms with van der Waals surface area (Å²) in [5.74, 6) is 0.